The largest absolute Gasteiger partial charge is 0.366 e. The van der Waals surface area contributed by atoms with Gasteiger partial charge in [-0.2, -0.15) is 0 Å². The first-order valence-electron chi connectivity index (χ1n) is 5.26. The molecule has 0 aliphatic rings. The molecule has 4 N–H and O–H groups in total. The van der Waals surface area contributed by atoms with Gasteiger partial charge in [-0.05, 0) is 41.5 Å². The van der Waals surface area contributed by atoms with Gasteiger partial charge in [0.15, 0.2) is 0 Å². The minimum absolute atomic E-state index is 0.117. The molecule has 1 atom stereocenters. The topological polar surface area (TPSA) is 83.8 Å². The number of nitrogens with zero attached hydrogens (tertiary/aromatic N) is 1. The van der Waals surface area contributed by atoms with Gasteiger partial charge in [0, 0.05) is 6.04 Å². The van der Waals surface area contributed by atoms with Crippen LogP contribution in [0.25, 0.3) is 0 Å². The second kappa shape index (κ2) is 6.19. The molecule has 1 heterocycles. The Balaban J connectivity index is 2.85. The first-order chi connectivity index (χ1) is 7.56. The van der Waals surface area contributed by atoms with E-state index in [9.17, 15) is 4.79 Å². The molecule has 1 rings (SSSR count). The summed E-state index contributed by atoms with van der Waals surface area (Å²) in [6, 6.07) is 0.243. The maximum absolute atomic E-state index is 11.4. The molecular formula is C10H17IN4O. The Labute approximate surface area is 108 Å². The van der Waals surface area contributed by atoms with E-state index in [2.05, 4.69) is 29.1 Å². The van der Waals surface area contributed by atoms with Crippen molar-refractivity contribution in [2.24, 2.45) is 11.7 Å². The van der Waals surface area contributed by atoms with E-state index in [4.69, 9.17) is 5.73 Å². The average molecular weight is 336 g/mol. The summed E-state index contributed by atoms with van der Waals surface area (Å²) in [6.45, 7) is 4.86. The lowest BCUT2D eigenvalue weighted by Gasteiger charge is -2.22. The molecule has 0 bridgehead atoms. The standard InChI is InChI=1S/C10H17IN4O/c1-6(2)7(3-4-12)15-9-8(11)10(16)14-5-13-9/h5-7H,3-4,12H2,1-2H3,(H2,13,14,15,16). The molecule has 6 heteroatoms. The van der Waals surface area contributed by atoms with Crippen molar-refractivity contribution in [2.45, 2.75) is 26.3 Å². The van der Waals surface area contributed by atoms with Gasteiger partial charge in [-0.25, -0.2) is 4.98 Å². The van der Waals surface area contributed by atoms with Crippen LogP contribution in [0.3, 0.4) is 0 Å². The van der Waals surface area contributed by atoms with E-state index in [1.807, 2.05) is 22.6 Å². The molecular weight excluding hydrogens is 319 g/mol. The van der Waals surface area contributed by atoms with Crippen molar-refractivity contribution in [1.29, 1.82) is 0 Å². The maximum atomic E-state index is 11.4. The van der Waals surface area contributed by atoms with Crippen molar-refractivity contribution in [3.63, 3.8) is 0 Å². The lowest BCUT2D eigenvalue weighted by Crippen LogP contribution is -2.30. The number of aromatic amines is 1. The van der Waals surface area contributed by atoms with Crippen LogP contribution >= 0.6 is 22.6 Å². The molecule has 0 saturated heterocycles. The quantitative estimate of drug-likeness (QED) is 0.705. The third-order valence-corrected chi connectivity index (χ3v) is 3.40. The number of hydrogen-bond donors (Lipinski definition) is 3. The van der Waals surface area contributed by atoms with Gasteiger partial charge in [0.05, 0.1) is 6.33 Å². The molecule has 0 aliphatic heterocycles. The lowest BCUT2D eigenvalue weighted by molar-refractivity contribution is 0.497. The molecule has 0 spiro atoms. The van der Waals surface area contributed by atoms with Crippen molar-refractivity contribution in [1.82, 2.24) is 9.97 Å². The zero-order valence-corrected chi connectivity index (χ0v) is 11.6. The third-order valence-electron chi connectivity index (χ3n) is 2.40. The summed E-state index contributed by atoms with van der Waals surface area (Å²) < 4.78 is 0.586. The summed E-state index contributed by atoms with van der Waals surface area (Å²) >= 11 is 1.99. The normalized spacial score (nSPS) is 12.8. The van der Waals surface area contributed by atoms with E-state index >= 15 is 0 Å². The molecule has 1 aromatic rings. The Morgan fingerprint density at radius 2 is 2.31 bits per heavy atom. The van der Waals surface area contributed by atoms with Gasteiger partial charge in [-0.3, -0.25) is 4.79 Å². The molecule has 5 nitrogen and oxygen atoms in total. The second-order valence-electron chi connectivity index (χ2n) is 3.97. The molecule has 1 unspecified atom stereocenters. The van der Waals surface area contributed by atoms with Gasteiger partial charge in [-0.1, -0.05) is 13.8 Å². The molecule has 16 heavy (non-hydrogen) atoms. The zero-order valence-electron chi connectivity index (χ0n) is 9.46. The van der Waals surface area contributed by atoms with Crippen LogP contribution in [-0.4, -0.2) is 22.6 Å². The van der Waals surface area contributed by atoms with Crippen molar-refractivity contribution in [2.75, 3.05) is 11.9 Å². The maximum Gasteiger partial charge on any atom is 0.266 e. The van der Waals surface area contributed by atoms with Crippen LogP contribution in [0.4, 0.5) is 5.82 Å². The number of H-pyrrole nitrogens is 1. The van der Waals surface area contributed by atoms with Gasteiger partial charge in [0.25, 0.3) is 5.56 Å². The summed E-state index contributed by atoms with van der Waals surface area (Å²) in [5.74, 6) is 1.08. The molecule has 0 amide bonds. The van der Waals surface area contributed by atoms with Crippen LogP contribution in [-0.2, 0) is 0 Å². The monoisotopic (exact) mass is 336 g/mol. The second-order valence-corrected chi connectivity index (χ2v) is 5.05. The number of nitrogens with one attached hydrogen (secondary N) is 2. The number of aromatic nitrogens is 2. The first-order valence-corrected chi connectivity index (χ1v) is 6.34. The van der Waals surface area contributed by atoms with Crippen LogP contribution in [0, 0.1) is 9.49 Å². The molecule has 0 radical (unpaired) electrons. The zero-order chi connectivity index (χ0) is 12.1. The molecule has 0 saturated carbocycles. The minimum atomic E-state index is -0.117. The predicted molar refractivity (Wildman–Crippen MR) is 73.5 cm³/mol. The number of hydrogen-bond acceptors (Lipinski definition) is 4. The Bertz CT molecular complexity index is 391. The Morgan fingerprint density at radius 3 is 2.88 bits per heavy atom. The highest BCUT2D eigenvalue weighted by atomic mass is 127. The minimum Gasteiger partial charge on any atom is -0.366 e. The van der Waals surface area contributed by atoms with Crippen LogP contribution in [0.5, 0.6) is 0 Å². The van der Waals surface area contributed by atoms with E-state index in [1.54, 1.807) is 0 Å². The van der Waals surface area contributed by atoms with Gasteiger partial charge in [-0.15, -0.1) is 0 Å². The number of nitrogens with two attached hydrogens (primary N) is 1. The van der Waals surface area contributed by atoms with E-state index in [0.29, 0.717) is 21.9 Å². The van der Waals surface area contributed by atoms with E-state index < -0.39 is 0 Å². The summed E-state index contributed by atoms with van der Waals surface area (Å²) in [7, 11) is 0. The highest BCUT2D eigenvalue weighted by Crippen LogP contribution is 2.15. The molecule has 0 aliphatic carbocycles. The molecule has 0 aromatic carbocycles. The van der Waals surface area contributed by atoms with Gasteiger partial charge in [0.2, 0.25) is 0 Å². The lowest BCUT2D eigenvalue weighted by atomic mass is 10.0. The molecule has 0 fully saturated rings. The Kier molecular flexibility index (Phi) is 5.20. The Morgan fingerprint density at radius 1 is 1.62 bits per heavy atom. The van der Waals surface area contributed by atoms with Crippen LogP contribution in [0.15, 0.2) is 11.1 Å². The van der Waals surface area contributed by atoms with Crippen molar-refractivity contribution < 1.29 is 0 Å². The first kappa shape index (κ1) is 13.4. The highest BCUT2D eigenvalue weighted by Gasteiger charge is 2.15. The van der Waals surface area contributed by atoms with Gasteiger partial charge < -0.3 is 16.0 Å². The highest BCUT2D eigenvalue weighted by molar-refractivity contribution is 14.1. The Hall–Kier alpha value is -0.630. The summed E-state index contributed by atoms with van der Waals surface area (Å²) in [5, 5.41) is 3.27. The summed E-state index contributed by atoms with van der Waals surface area (Å²) in [6.07, 6.45) is 2.27. The van der Waals surface area contributed by atoms with Crippen molar-refractivity contribution >= 4 is 28.4 Å². The van der Waals surface area contributed by atoms with Gasteiger partial charge >= 0.3 is 0 Å². The average Bonchev–Trinajstić information content (AvgIpc) is 2.23. The summed E-state index contributed by atoms with van der Waals surface area (Å²) in [4.78, 5) is 18.0. The predicted octanol–water partition coefficient (Wildman–Crippen LogP) is 1.16. The fraction of sp³-hybridized carbons (Fsp3) is 0.600. The van der Waals surface area contributed by atoms with E-state index in [1.165, 1.54) is 6.33 Å². The SMILES string of the molecule is CC(C)C(CCN)Nc1nc[nH]c(=O)c1I. The van der Waals surface area contributed by atoms with Gasteiger partial charge in [0.1, 0.15) is 9.39 Å². The van der Waals surface area contributed by atoms with E-state index in [0.717, 1.165) is 6.42 Å². The molecule has 90 valence electrons. The van der Waals surface area contributed by atoms with Crippen LogP contribution in [0.1, 0.15) is 20.3 Å². The molecule has 1 aromatic heterocycles. The number of anilines is 1. The summed E-state index contributed by atoms with van der Waals surface area (Å²) in [5.41, 5.74) is 5.44. The van der Waals surface area contributed by atoms with Crippen LogP contribution < -0.4 is 16.6 Å². The fourth-order valence-electron chi connectivity index (χ4n) is 1.41. The number of halogens is 1. The fourth-order valence-corrected chi connectivity index (χ4v) is 1.86. The van der Waals surface area contributed by atoms with Crippen molar-refractivity contribution in [3.8, 4) is 0 Å². The number of rotatable bonds is 5. The smallest absolute Gasteiger partial charge is 0.266 e. The third kappa shape index (κ3) is 3.44. The van der Waals surface area contributed by atoms with E-state index in [-0.39, 0.29) is 11.6 Å². The van der Waals surface area contributed by atoms with Crippen LogP contribution in [0.2, 0.25) is 0 Å². The van der Waals surface area contributed by atoms with Crippen molar-refractivity contribution in [3.05, 3.63) is 20.3 Å².